The van der Waals surface area contributed by atoms with Gasteiger partial charge in [-0.15, -0.1) is 0 Å². The first-order chi connectivity index (χ1) is 10.1. The zero-order valence-electron chi connectivity index (χ0n) is 11.5. The Morgan fingerprint density at radius 2 is 1.90 bits per heavy atom. The zero-order chi connectivity index (χ0) is 14.7. The second-order valence-corrected chi connectivity index (χ2v) is 6.83. The molecule has 2 aromatic rings. The number of hydrogen-bond acceptors (Lipinski definition) is 4. The van der Waals surface area contributed by atoms with E-state index < -0.39 is 10.0 Å². The van der Waals surface area contributed by atoms with Crippen LogP contribution in [0.15, 0.2) is 53.7 Å². The minimum atomic E-state index is -3.56. The molecule has 1 aliphatic rings. The third-order valence-electron chi connectivity index (χ3n) is 3.31. The maximum absolute atomic E-state index is 12.4. The number of nitrogens with zero attached hydrogens (tertiary/aromatic N) is 1. The van der Waals surface area contributed by atoms with Crippen molar-refractivity contribution < 1.29 is 8.42 Å². The molecule has 0 unspecified atom stereocenters. The van der Waals surface area contributed by atoms with Crippen molar-refractivity contribution in [1.82, 2.24) is 10.3 Å². The van der Waals surface area contributed by atoms with E-state index in [1.54, 1.807) is 42.7 Å². The van der Waals surface area contributed by atoms with Crippen molar-refractivity contribution >= 4 is 15.7 Å². The Hall–Kier alpha value is -1.92. The van der Waals surface area contributed by atoms with Gasteiger partial charge in [-0.05, 0) is 42.7 Å². The number of benzene rings is 1. The smallest absolute Gasteiger partial charge is 0.261 e. The highest BCUT2D eigenvalue weighted by molar-refractivity contribution is 7.92. The summed E-state index contributed by atoms with van der Waals surface area (Å²) in [6.45, 7) is 0.698. The first-order valence-electron chi connectivity index (χ1n) is 6.89. The fourth-order valence-electron chi connectivity index (χ4n) is 2.01. The number of rotatable bonds is 6. The van der Waals surface area contributed by atoms with Crippen molar-refractivity contribution in [2.24, 2.45) is 0 Å². The Balaban J connectivity index is 1.76. The van der Waals surface area contributed by atoms with E-state index in [0.29, 0.717) is 18.3 Å². The number of hydrogen-bond donors (Lipinski definition) is 2. The van der Waals surface area contributed by atoms with Crippen LogP contribution in [-0.2, 0) is 16.6 Å². The van der Waals surface area contributed by atoms with E-state index in [9.17, 15) is 8.42 Å². The van der Waals surface area contributed by atoms with Gasteiger partial charge in [-0.1, -0.05) is 12.1 Å². The first kappa shape index (κ1) is 14.0. The van der Waals surface area contributed by atoms with Crippen LogP contribution in [0.5, 0.6) is 0 Å². The van der Waals surface area contributed by atoms with Crippen LogP contribution < -0.4 is 10.0 Å². The summed E-state index contributed by atoms with van der Waals surface area (Å²) in [4.78, 5) is 4.14. The molecular formula is C15H17N3O2S. The SMILES string of the molecule is O=S(=O)(Nc1ccncc1)c1cccc(CNC2CC2)c1. The van der Waals surface area contributed by atoms with E-state index >= 15 is 0 Å². The molecule has 110 valence electrons. The van der Waals surface area contributed by atoms with Gasteiger partial charge >= 0.3 is 0 Å². The van der Waals surface area contributed by atoms with E-state index in [1.807, 2.05) is 6.07 Å². The monoisotopic (exact) mass is 303 g/mol. The van der Waals surface area contributed by atoms with Crippen molar-refractivity contribution in [1.29, 1.82) is 0 Å². The highest BCUT2D eigenvalue weighted by Crippen LogP contribution is 2.20. The first-order valence-corrected chi connectivity index (χ1v) is 8.37. The van der Waals surface area contributed by atoms with E-state index in [1.165, 1.54) is 12.8 Å². The fraction of sp³-hybridized carbons (Fsp3) is 0.267. The predicted molar refractivity (Wildman–Crippen MR) is 81.3 cm³/mol. The maximum atomic E-state index is 12.4. The second kappa shape index (κ2) is 5.83. The molecule has 1 aromatic carbocycles. The lowest BCUT2D eigenvalue weighted by Gasteiger charge is -2.09. The summed E-state index contributed by atoms with van der Waals surface area (Å²) in [7, 11) is -3.56. The molecule has 1 aromatic heterocycles. The van der Waals surface area contributed by atoms with Crippen molar-refractivity contribution in [3.8, 4) is 0 Å². The third-order valence-corrected chi connectivity index (χ3v) is 4.69. The van der Waals surface area contributed by atoms with Crippen LogP contribution in [0.25, 0.3) is 0 Å². The summed E-state index contributed by atoms with van der Waals surface area (Å²) in [5.41, 5.74) is 1.48. The van der Waals surface area contributed by atoms with Gasteiger partial charge in [0, 0.05) is 25.0 Å². The number of anilines is 1. The van der Waals surface area contributed by atoms with Crippen LogP contribution in [0.2, 0.25) is 0 Å². The molecule has 0 amide bonds. The van der Waals surface area contributed by atoms with Gasteiger partial charge < -0.3 is 5.32 Å². The van der Waals surface area contributed by atoms with Gasteiger partial charge in [-0.25, -0.2) is 8.42 Å². The number of nitrogens with one attached hydrogen (secondary N) is 2. The number of pyridine rings is 1. The lowest BCUT2D eigenvalue weighted by Crippen LogP contribution is -2.16. The summed E-state index contributed by atoms with van der Waals surface area (Å²) in [6, 6.07) is 10.8. The van der Waals surface area contributed by atoms with Crippen molar-refractivity contribution in [3.05, 3.63) is 54.4 Å². The normalized spacial score (nSPS) is 14.9. The third kappa shape index (κ3) is 3.80. The lowest BCUT2D eigenvalue weighted by atomic mass is 10.2. The standard InChI is InChI=1S/C15H17N3O2S/c19-21(20,18-14-6-8-16-9-7-14)15-3-1-2-12(10-15)11-17-13-4-5-13/h1-3,6-10,13,17H,4-5,11H2,(H,16,18). The Bertz CT molecular complexity index is 713. The second-order valence-electron chi connectivity index (χ2n) is 5.14. The molecule has 6 heteroatoms. The molecule has 0 aliphatic heterocycles. The van der Waals surface area contributed by atoms with Crippen molar-refractivity contribution in [2.75, 3.05) is 4.72 Å². The quantitative estimate of drug-likeness (QED) is 0.857. The van der Waals surface area contributed by atoms with E-state index in [2.05, 4.69) is 15.0 Å². The van der Waals surface area contributed by atoms with Crippen molar-refractivity contribution in [3.63, 3.8) is 0 Å². The molecule has 1 fully saturated rings. The molecule has 0 radical (unpaired) electrons. The molecule has 3 rings (SSSR count). The largest absolute Gasteiger partial charge is 0.310 e. The van der Waals surface area contributed by atoms with Crippen LogP contribution >= 0.6 is 0 Å². The Morgan fingerprint density at radius 1 is 1.14 bits per heavy atom. The summed E-state index contributed by atoms with van der Waals surface area (Å²) in [5.74, 6) is 0. The molecule has 0 spiro atoms. The highest BCUT2D eigenvalue weighted by Gasteiger charge is 2.20. The molecule has 0 atom stereocenters. The predicted octanol–water partition coefficient (Wildman–Crippen LogP) is 2.13. The summed E-state index contributed by atoms with van der Waals surface area (Å²) in [6.07, 6.45) is 5.52. The van der Waals surface area contributed by atoms with Gasteiger partial charge in [-0.3, -0.25) is 9.71 Å². The van der Waals surface area contributed by atoms with Gasteiger partial charge in [0.2, 0.25) is 0 Å². The van der Waals surface area contributed by atoms with Crippen molar-refractivity contribution in [2.45, 2.75) is 30.3 Å². The van der Waals surface area contributed by atoms with Gasteiger partial charge in [0.1, 0.15) is 0 Å². The van der Waals surface area contributed by atoms with Gasteiger partial charge in [0.15, 0.2) is 0 Å². The molecule has 0 saturated heterocycles. The Morgan fingerprint density at radius 3 is 2.62 bits per heavy atom. The summed E-state index contributed by atoms with van der Waals surface area (Å²) < 4.78 is 27.3. The highest BCUT2D eigenvalue weighted by atomic mass is 32.2. The zero-order valence-corrected chi connectivity index (χ0v) is 12.3. The number of aromatic nitrogens is 1. The molecule has 5 nitrogen and oxygen atoms in total. The molecule has 0 bridgehead atoms. The molecule has 1 aliphatic carbocycles. The average molecular weight is 303 g/mol. The van der Waals surface area contributed by atoms with E-state index in [-0.39, 0.29) is 4.90 Å². The Labute approximate surface area is 124 Å². The van der Waals surface area contributed by atoms with Gasteiger partial charge in [0.05, 0.1) is 10.6 Å². The molecule has 21 heavy (non-hydrogen) atoms. The average Bonchev–Trinajstić information content (AvgIpc) is 3.30. The van der Waals surface area contributed by atoms with Crippen LogP contribution in [0.1, 0.15) is 18.4 Å². The molecule has 2 N–H and O–H groups in total. The number of sulfonamides is 1. The van der Waals surface area contributed by atoms with Crippen LogP contribution in [0.3, 0.4) is 0 Å². The van der Waals surface area contributed by atoms with Crippen LogP contribution in [0.4, 0.5) is 5.69 Å². The summed E-state index contributed by atoms with van der Waals surface area (Å²) in [5, 5.41) is 3.38. The Kier molecular flexibility index (Phi) is 3.90. The van der Waals surface area contributed by atoms with E-state index in [4.69, 9.17) is 0 Å². The minimum Gasteiger partial charge on any atom is -0.310 e. The topological polar surface area (TPSA) is 71.1 Å². The molecule has 1 heterocycles. The van der Waals surface area contributed by atoms with Gasteiger partial charge in [0.25, 0.3) is 10.0 Å². The molecular weight excluding hydrogens is 286 g/mol. The molecule has 1 saturated carbocycles. The van der Waals surface area contributed by atoms with Gasteiger partial charge in [-0.2, -0.15) is 0 Å². The minimum absolute atomic E-state index is 0.273. The van der Waals surface area contributed by atoms with Crippen LogP contribution in [0, 0.1) is 0 Å². The van der Waals surface area contributed by atoms with E-state index in [0.717, 1.165) is 5.56 Å². The lowest BCUT2D eigenvalue weighted by molar-refractivity contribution is 0.601. The van der Waals surface area contributed by atoms with Crippen LogP contribution in [-0.4, -0.2) is 19.4 Å². The fourth-order valence-corrected chi connectivity index (χ4v) is 3.13. The summed E-state index contributed by atoms with van der Waals surface area (Å²) >= 11 is 0. The maximum Gasteiger partial charge on any atom is 0.261 e.